The molecule has 0 radical (unpaired) electrons. The molecule has 9 heteroatoms. The number of carbonyl (C=O) groups excluding carboxylic acids is 1. The van der Waals surface area contributed by atoms with E-state index in [-0.39, 0.29) is 11.8 Å². The average Bonchev–Trinajstić information content (AvgIpc) is 3.50. The summed E-state index contributed by atoms with van der Waals surface area (Å²) in [6.45, 7) is 1.44. The fourth-order valence-electron chi connectivity index (χ4n) is 4.00. The lowest BCUT2D eigenvalue weighted by molar-refractivity contribution is -0.120. The quantitative estimate of drug-likeness (QED) is 0.437. The fourth-order valence-corrected chi connectivity index (χ4v) is 4.71. The maximum Gasteiger partial charge on any atom is 0.298 e. The Bertz CT molecular complexity index is 1240. The summed E-state index contributed by atoms with van der Waals surface area (Å²) in [5.41, 5.74) is 3.23. The van der Waals surface area contributed by atoms with E-state index in [0.717, 1.165) is 48.3 Å². The number of thiazole rings is 1. The van der Waals surface area contributed by atoms with Crippen molar-refractivity contribution in [1.82, 2.24) is 9.97 Å². The number of fused-ring (bicyclic) bond motifs is 1. The number of rotatable bonds is 6. The highest BCUT2D eigenvalue weighted by molar-refractivity contribution is 7.14. The van der Waals surface area contributed by atoms with Crippen molar-refractivity contribution >= 4 is 39.5 Å². The molecule has 0 bridgehead atoms. The van der Waals surface area contributed by atoms with Gasteiger partial charge in [-0.3, -0.25) is 4.79 Å². The van der Waals surface area contributed by atoms with Gasteiger partial charge in [0.15, 0.2) is 10.7 Å². The number of methoxy groups -OCH3 is 2. The van der Waals surface area contributed by atoms with Gasteiger partial charge in [0.05, 0.1) is 19.9 Å². The number of carbonyl (C=O) groups is 1. The van der Waals surface area contributed by atoms with Crippen LogP contribution in [0.4, 0.5) is 11.1 Å². The summed E-state index contributed by atoms with van der Waals surface area (Å²) in [6.07, 6.45) is 1.46. The molecule has 33 heavy (non-hydrogen) atoms. The number of hydrogen-bond donors (Lipinski definition) is 1. The van der Waals surface area contributed by atoms with Crippen LogP contribution in [0.5, 0.6) is 11.5 Å². The van der Waals surface area contributed by atoms with Crippen LogP contribution in [0.3, 0.4) is 0 Å². The van der Waals surface area contributed by atoms with E-state index in [1.165, 1.54) is 11.3 Å². The third-order valence-corrected chi connectivity index (χ3v) is 6.60. The number of para-hydroxylation sites is 2. The molecule has 2 aromatic heterocycles. The highest BCUT2D eigenvalue weighted by Gasteiger charge is 2.28. The van der Waals surface area contributed by atoms with Crippen LogP contribution in [0.1, 0.15) is 12.8 Å². The number of hydrogen-bond acceptors (Lipinski definition) is 8. The van der Waals surface area contributed by atoms with Gasteiger partial charge in [-0.25, -0.2) is 4.98 Å². The molecule has 8 nitrogen and oxygen atoms in total. The largest absolute Gasteiger partial charge is 0.497 e. The molecule has 1 saturated heterocycles. The first-order valence-electron chi connectivity index (χ1n) is 10.7. The second-order valence-corrected chi connectivity index (χ2v) is 8.68. The Balaban J connectivity index is 1.21. The SMILES string of the molecule is COc1ccc(-c2csc(NC(=O)C3CCN(c4nc5ccccc5o4)CC3)n2)c(OC)c1. The Labute approximate surface area is 195 Å². The highest BCUT2D eigenvalue weighted by Crippen LogP contribution is 2.35. The number of ether oxygens (including phenoxy) is 2. The summed E-state index contributed by atoms with van der Waals surface area (Å²) >= 11 is 1.40. The summed E-state index contributed by atoms with van der Waals surface area (Å²) in [4.78, 5) is 24.1. The van der Waals surface area contributed by atoms with Crippen LogP contribution in [-0.2, 0) is 4.79 Å². The lowest BCUT2D eigenvalue weighted by atomic mass is 9.96. The van der Waals surface area contributed by atoms with Crippen molar-refractivity contribution in [3.05, 3.63) is 47.8 Å². The number of piperidine rings is 1. The van der Waals surface area contributed by atoms with Crippen LogP contribution in [0, 0.1) is 5.92 Å². The van der Waals surface area contributed by atoms with Crippen LogP contribution in [-0.4, -0.2) is 43.2 Å². The maximum absolute atomic E-state index is 12.9. The molecular formula is C24H24N4O4S. The third kappa shape index (κ3) is 4.36. The van der Waals surface area contributed by atoms with E-state index in [9.17, 15) is 4.79 Å². The molecule has 0 atom stereocenters. The smallest absolute Gasteiger partial charge is 0.298 e. The number of benzene rings is 2. The zero-order valence-corrected chi connectivity index (χ0v) is 19.2. The van der Waals surface area contributed by atoms with E-state index in [0.29, 0.717) is 22.6 Å². The molecule has 3 heterocycles. The van der Waals surface area contributed by atoms with Gasteiger partial charge in [0, 0.05) is 36.0 Å². The monoisotopic (exact) mass is 464 g/mol. The van der Waals surface area contributed by atoms with Crippen LogP contribution >= 0.6 is 11.3 Å². The number of amides is 1. The van der Waals surface area contributed by atoms with Crippen molar-refractivity contribution in [2.45, 2.75) is 12.8 Å². The van der Waals surface area contributed by atoms with Crippen molar-refractivity contribution < 1.29 is 18.7 Å². The first-order chi connectivity index (χ1) is 16.1. The van der Waals surface area contributed by atoms with Gasteiger partial charge >= 0.3 is 0 Å². The second-order valence-electron chi connectivity index (χ2n) is 7.82. The summed E-state index contributed by atoms with van der Waals surface area (Å²) in [5.74, 6) is 1.30. The van der Waals surface area contributed by atoms with Crippen LogP contribution in [0.15, 0.2) is 52.3 Å². The van der Waals surface area contributed by atoms with Gasteiger partial charge in [0.2, 0.25) is 5.91 Å². The van der Waals surface area contributed by atoms with Crippen molar-refractivity contribution in [2.75, 3.05) is 37.5 Å². The minimum Gasteiger partial charge on any atom is -0.497 e. The van der Waals surface area contributed by atoms with E-state index >= 15 is 0 Å². The Hall–Kier alpha value is -3.59. The first kappa shape index (κ1) is 21.3. The van der Waals surface area contributed by atoms with Crippen molar-refractivity contribution in [3.8, 4) is 22.8 Å². The molecule has 0 aliphatic carbocycles. The Morgan fingerprint density at radius 3 is 2.70 bits per heavy atom. The third-order valence-electron chi connectivity index (χ3n) is 5.84. The van der Waals surface area contributed by atoms with Crippen molar-refractivity contribution in [3.63, 3.8) is 0 Å². The molecule has 1 aliphatic rings. The van der Waals surface area contributed by atoms with E-state index < -0.39 is 0 Å². The van der Waals surface area contributed by atoms with E-state index in [2.05, 4.69) is 20.2 Å². The van der Waals surface area contributed by atoms with E-state index in [4.69, 9.17) is 13.9 Å². The maximum atomic E-state index is 12.9. The molecule has 1 N–H and O–H groups in total. The van der Waals surface area contributed by atoms with Gasteiger partial charge in [0.1, 0.15) is 17.0 Å². The summed E-state index contributed by atoms with van der Waals surface area (Å²) in [5, 5.41) is 5.47. The Morgan fingerprint density at radius 1 is 1.12 bits per heavy atom. The van der Waals surface area contributed by atoms with Gasteiger partial charge < -0.3 is 24.1 Å². The van der Waals surface area contributed by atoms with Gasteiger partial charge in [-0.2, -0.15) is 4.98 Å². The fraction of sp³-hybridized carbons (Fsp3) is 0.292. The molecule has 2 aromatic carbocycles. The molecule has 4 aromatic rings. The highest BCUT2D eigenvalue weighted by atomic mass is 32.1. The average molecular weight is 465 g/mol. The molecule has 170 valence electrons. The van der Waals surface area contributed by atoms with Gasteiger partial charge in [0.25, 0.3) is 6.01 Å². The van der Waals surface area contributed by atoms with Gasteiger partial charge in [-0.05, 0) is 37.1 Å². The molecule has 1 amide bonds. The lowest BCUT2D eigenvalue weighted by Crippen LogP contribution is -2.38. The van der Waals surface area contributed by atoms with Gasteiger partial charge in [-0.15, -0.1) is 11.3 Å². The Morgan fingerprint density at radius 2 is 1.94 bits per heavy atom. The van der Waals surface area contributed by atoms with Crippen molar-refractivity contribution in [2.24, 2.45) is 5.92 Å². The number of anilines is 2. The summed E-state index contributed by atoms with van der Waals surface area (Å²) < 4.78 is 16.6. The molecule has 1 aliphatic heterocycles. The number of oxazole rings is 1. The first-order valence-corrected chi connectivity index (χ1v) is 11.6. The topological polar surface area (TPSA) is 89.7 Å². The summed E-state index contributed by atoms with van der Waals surface area (Å²) in [7, 11) is 3.23. The predicted molar refractivity (Wildman–Crippen MR) is 128 cm³/mol. The van der Waals surface area contributed by atoms with Crippen LogP contribution in [0.2, 0.25) is 0 Å². The standard InChI is InChI=1S/C24H24N4O4S/c1-30-16-7-8-17(21(13-16)31-2)19-14-33-23(25-19)27-22(29)15-9-11-28(12-10-15)24-26-18-5-3-4-6-20(18)32-24/h3-8,13-15H,9-12H2,1-2H3,(H,25,27,29). The number of aromatic nitrogens is 2. The zero-order chi connectivity index (χ0) is 22.8. The molecular weight excluding hydrogens is 440 g/mol. The zero-order valence-electron chi connectivity index (χ0n) is 18.4. The Kier molecular flexibility index (Phi) is 5.87. The minimum absolute atomic E-state index is 0.00480. The normalized spacial score (nSPS) is 14.4. The number of nitrogens with zero attached hydrogens (tertiary/aromatic N) is 3. The predicted octanol–water partition coefficient (Wildman–Crippen LogP) is 4.82. The van der Waals surface area contributed by atoms with Crippen LogP contribution < -0.4 is 19.7 Å². The molecule has 0 unspecified atom stereocenters. The lowest BCUT2D eigenvalue weighted by Gasteiger charge is -2.29. The molecule has 1 fully saturated rings. The minimum atomic E-state index is -0.0755. The molecule has 5 rings (SSSR count). The molecule has 0 saturated carbocycles. The van der Waals surface area contributed by atoms with Gasteiger partial charge in [-0.1, -0.05) is 12.1 Å². The van der Waals surface area contributed by atoms with E-state index in [1.54, 1.807) is 14.2 Å². The van der Waals surface area contributed by atoms with Crippen LogP contribution in [0.25, 0.3) is 22.4 Å². The van der Waals surface area contributed by atoms with Crippen molar-refractivity contribution in [1.29, 1.82) is 0 Å². The summed E-state index contributed by atoms with van der Waals surface area (Å²) in [6, 6.07) is 13.9. The molecule has 0 spiro atoms. The van der Waals surface area contributed by atoms with E-state index in [1.807, 2.05) is 47.8 Å². The number of nitrogens with one attached hydrogen (secondary N) is 1. The second kappa shape index (κ2) is 9.11.